The molecule has 1 amide bonds. The van der Waals surface area contributed by atoms with Crippen LogP contribution in [0.25, 0.3) is 5.52 Å². The summed E-state index contributed by atoms with van der Waals surface area (Å²) in [5.41, 5.74) is 0.199. The van der Waals surface area contributed by atoms with Gasteiger partial charge >= 0.3 is 0 Å². The molecule has 3 heterocycles. The smallest absolute Gasteiger partial charge is 0.243 e. The molecule has 3 aliphatic rings. The third-order valence-corrected chi connectivity index (χ3v) is 8.32. The van der Waals surface area contributed by atoms with E-state index in [1.165, 1.54) is 64.2 Å². The molecule has 34 heavy (non-hydrogen) atoms. The average molecular weight is 463 g/mol. The summed E-state index contributed by atoms with van der Waals surface area (Å²) in [6.45, 7) is 1.53. The fourth-order valence-corrected chi connectivity index (χ4v) is 6.34. The van der Waals surface area contributed by atoms with Crippen molar-refractivity contribution in [3.8, 4) is 6.07 Å². The van der Waals surface area contributed by atoms with E-state index in [1.807, 2.05) is 35.0 Å². The fourth-order valence-electron chi connectivity index (χ4n) is 6.34. The Kier molecular flexibility index (Phi) is 7.05. The molecule has 2 aromatic rings. The van der Waals surface area contributed by atoms with E-state index in [4.69, 9.17) is 0 Å². The number of nitriles is 1. The Bertz CT molecular complexity index is 1020. The standard InChI is InChI=1S/C27H38N6O/c28-19-27(14-16-32(20-27)22-11-5-2-6-12-22)31-25(34)24(17-21-9-3-1-4-10-21)30-26-29-18-23-13-7-8-15-33(23)26/h7-8,13,15,18,21-22,24H,1-6,9-12,14,16-17,20H2,(H,29,30)(H,31,34). The number of carbonyl (C=O) groups excluding carboxylic acids is 1. The largest absolute Gasteiger partial charge is 0.344 e. The molecule has 2 N–H and O–H groups in total. The summed E-state index contributed by atoms with van der Waals surface area (Å²) in [5.74, 6) is 1.15. The van der Waals surface area contributed by atoms with E-state index in [9.17, 15) is 10.1 Å². The topological polar surface area (TPSA) is 85.5 Å². The number of rotatable bonds is 7. The highest BCUT2D eigenvalue weighted by atomic mass is 16.2. The number of imidazole rings is 1. The van der Waals surface area contributed by atoms with Gasteiger partial charge in [-0.1, -0.05) is 57.4 Å². The van der Waals surface area contributed by atoms with Gasteiger partial charge in [-0.2, -0.15) is 5.26 Å². The molecule has 1 aliphatic heterocycles. The van der Waals surface area contributed by atoms with Crippen molar-refractivity contribution in [1.82, 2.24) is 19.6 Å². The zero-order valence-corrected chi connectivity index (χ0v) is 20.2. The Balaban J connectivity index is 1.31. The normalized spacial score (nSPS) is 25.7. The second-order valence-electron chi connectivity index (χ2n) is 10.7. The number of nitrogens with one attached hydrogen (secondary N) is 2. The number of amides is 1. The molecular weight excluding hydrogens is 424 g/mol. The maximum Gasteiger partial charge on any atom is 0.243 e. The van der Waals surface area contributed by atoms with Crippen LogP contribution in [0.15, 0.2) is 30.6 Å². The maximum atomic E-state index is 13.7. The van der Waals surface area contributed by atoms with Gasteiger partial charge in [-0.25, -0.2) is 4.98 Å². The van der Waals surface area contributed by atoms with Crippen LogP contribution < -0.4 is 10.6 Å². The second-order valence-corrected chi connectivity index (χ2v) is 10.7. The highest BCUT2D eigenvalue weighted by Crippen LogP contribution is 2.31. The van der Waals surface area contributed by atoms with Crippen LogP contribution in [0, 0.1) is 17.2 Å². The van der Waals surface area contributed by atoms with Crippen LogP contribution in [-0.2, 0) is 4.79 Å². The first-order valence-electron chi connectivity index (χ1n) is 13.3. The quantitative estimate of drug-likeness (QED) is 0.633. The summed E-state index contributed by atoms with van der Waals surface area (Å²) in [4.78, 5) is 20.7. The molecule has 7 nitrogen and oxygen atoms in total. The molecule has 1 saturated heterocycles. The molecule has 0 bridgehead atoms. The molecular formula is C27H38N6O. The number of aromatic nitrogens is 2. The summed E-state index contributed by atoms with van der Waals surface area (Å²) < 4.78 is 1.99. The van der Waals surface area contributed by atoms with Crippen LogP contribution in [-0.4, -0.2) is 50.9 Å². The van der Waals surface area contributed by atoms with Crippen LogP contribution in [0.2, 0.25) is 0 Å². The number of nitrogens with zero attached hydrogens (tertiary/aromatic N) is 4. The first-order valence-corrected chi connectivity index (χ1v) is 13.3. The maximum absolute atomic E-state index is 13.7. The van der Waals surface area contributed by atoms with Crippen molar-refractivity contribution in [1.29, 1.82) is 5.26 Å². The first-order chi connectivity index (χ1) is 16.7. The fraction of sp³-hybridized carbons (Fsp3) is 0.667. The lowest BCUT2D eigenvalue weighted by Gasteiger charge is -2.33. The van der Waals surface area contributed by atoms with Crippen molar-refractivity contribution in [3.63, 3.8) is 0 Å². The predicted molar refractivity (Wildman–Crippen MR) is 133 cm³/mol. The molecule has 0 radical (unpaired) electrons. The zero-order valence-electron chi connectivity index (χ0n) is 20.2. The lowest BCUT2D eigenvalue weighted by atomic mass is 9.84. The van der Waals surface area contributed by atoms with E-state index < -0.39 is 11.6 Å². The van der Waals surface area contributed by atoms with Gasteiger partial charge in [0.25, 0.3) is 0 Å². The molecule has 7 heteroatoms. The van der Waals surface area contributed by atoms with Crippen molar-refractivity contribution in [2.24, 2.45) is 5.92 Å². The van der Waals surface area contributed by atoms with E-state index in [0.717, 1.165) is 18.5 Å². The van der Waals surface area contributed by atoms with E-state index in [0.29, 0.717) is 30.9 Å². The predicted octanol–water partition coefficient (Wildman–Crippen LogP) is 4.50. The first kappa shape index (κ1) is 23.2. The van der Waals surface area contributed by atoms with Gasteiger partial charge < -0.3 is 10.6 Å². The monoisotopic (exact) mass is 462 g/mol. The Hall–Kier alpha value is -2.59. The molecule has 3 fully saturated rings. The van der Waals surface area contributed by atoms with Gasteiger partial charge in [0.2, 0.25) is 11.9 Å². The number of hydrogen-bond acceptors (Lipinski definition) is 5. The Labute approximate surface area is 202 Å². The lowest BCUT2D eigenvalue weighted by molar-refractivity contribution is -0.123. The van der Waals surface area contributed by atoms with E-state index in [-0.39, 0.29) is 5.91 Å². The second kappa shape index (κ2) is 10.4. The van der Waals surface area contributed by atoms with Gasteiger partial charge in [0.1, 0.15) is 11.6 Å². The summed E-state index contributed by atoms with van der Waals surface area (Å²) in [7, 11) is 0. The minimum absolute atomic E-state index is 0.0645. The number of fused-ring (bicyclic) bond motifs is 1. The van der Waals surface area contributed by atoms with Gasteiger partial charge in [-0.15, -0.1) is 0 Å². The molecule has 2 unspecified atom stereocenters. The van der Waals surface area contributed by atoms with Gasteiger partial charge in [-0.05, 0) is 43.7 Å². The third-order valence-electron chi connectivity index (χ3n) is 8.32. The number of anilines is 1. The number of likely N-dealkylation sites (tertiary alicyclic amines) is 1. The van der Waals surface area contributed by atoms with E-state index in [1.54, 1.807) is 0 Å². The van der Waals surface area contributed by atoms with E-state index in [2.05, 4.69) is 26.6 Å². The Morgan fingerprint density at radius 1 is 1.15 bits per heavy atom. The van der Waals surface area contributed by atoms with Crippen LogP contribution >= 0.6 is 0 Å². The summed E-state index contributed by atoms with van der Waals surface area (Å²) >= 11 is 0. The zero-order chi connectivity index (χ0) is 23.4. The molecule has 0 spiro atoms. The van der Waals surface area contributed by atoms with Crippen molar-refractivity contribution < 1.29 is 4.79 Å². The average Bonchev–Trinajstić information content (AvgIpc) is 3.50. The van der Waals surface area contributed by atoms with Crippen LogP contribution in [0.1, 0.15) is 77.0 Å². The van der Waals surface area contributed by atoms with Crippen molar-refractivity contribution in [2.45, 2.75) is 94.7 Å². The van der Waals surface area contributed by atoms with Crippen molar-refractivity contribution in [2.75, 3.05) is 18.4 Å². The van der Waals surface area contributed by atoms with Gasteiger partial charge in [-0.3, -0.25) is 14.1 Å². The van der Waals surface area contributed by atoms with Crippen LogP contribution in [0.5, 0.6) is 0 Å². The van der Waals surface area contributed by atoms with Gasteiger partial charge in [0, 0.05) is 25.3 Å². The molecule has 2 atom stereocenters. The molecule has 5 rings (SSSR count). The number of hydrogen-bond donors (Lipinski definition) is 2. The Morgan fingerprint density at radius 3 is 2.68 bits per heavy atom. The summed E-state index contributed by atoms with van der Waals surface area (Å²) in [6.07, 6.45) is 17.7. The molecule has 2 saturated carbocycles. The molecule has 2 aromatic heterocycles. The van der Waals surface area contributed by atoms with Crippen molar-refractivity contribution in [3.05, 3.63) is 30.6 Å². The van der Waals surface area contributed by atoms with Gasteiger partial charge in [0.05, 0.1) is 17.8 Å². The minimum Gasteiger partial charge on any atom is -0.344 e. The molecule has 0 aromatic carbocycles. The number of pyridine rings is 1. The third kappa shape index (κ3) is 5.07. The highest BCUT2D eigenvalue weighted by molar-refractivity contribution is 5.85. The van der Waals surface area contributed by atoms with E-state index >= 15 is 0 Å². The van der Waals surface area contributed by atoms with Crippen LogP contribution in [0.3, 0.4) is 0 Å². The highest BCUT2D eigenvalue weighted by Gasteiger charge is 2.43. The Morgan fingerprint density at radius 2 is 1.91 bits per heavy atom. The minimum atomic E-state index is -0.796. The van der Waals surface area contributed by atoms with Crippen LogP contribution in [0.4, 0.5) is 5.95 Å². The number of carbonyl (C=O) groups is 1. The molecule has 182 valence electrons. The van der Waals surface area contributed by atoms with Crippen molar-refractivity contribution >= 4 is 17.4 Å². The summed E-state index contributed by atoms with van der Waals surface area (Å²) in [6, 6.07) is 8.64. The molecule has 2 aliphatic carbocycles. The van der Waals surface area contributed by atoms with Gasteiger partial charge in [0.15, 0.2) is 0 Å². The SMILES string of the molecule is N#CC1(NC(=O)C(CC2CCCCC2)Nc2ncc3ccccn23)CCN(C2CCCCC2)C1. The lowest BCUT2D eigenvalue weighted by Crippen LogP contribution is -2.55. The summed E-state index contributed by atoms with van der Waals surface area (Å²) in [5, 5.41) is 16.8.